The first-order chi connectivity index (χ1) is 6.91. The van der Waals surface area contributed by atoms with Crippen LogP contribution in [0, 0.1) is 0 Å². The molecule has 0 unspecified atom stereocenters. The number of nitrogens with one attached hydrogen (secondary N) is 1. The summed E-state index contributed by atoms with van der Waals surface area (Å²) >= 11 is 16.3. The van der Waals surface area contributed by atoms with Crippen LogP contribution in [0.4, 0.5) is 5.69 Å². The van der Waals surface area contributed by atoms with Crippen LogP contribution in [-0.2, 0) is 4.79 Å². The van der Waals surface area contributed by atoms with Crippen molar-refractivity contribution in [2.24, 2.45) is 0 Å². The van der Waals surface area contributed by atoms with Gasteiger partial charge in [0.15, 0.2) is 0 Å². The molecule has 0 aromatic heterocycles. The fourth-order valence-electron chi connectivity index (χ4n) is 0.924. The van der Waals surface area contributed by atoms with Gasteiger partial charge in [0.25, 0.3) is 3.79 Å². The highest BCUT2D eigenvalue weighted by molar-refractivity contribution is 6.77. The summed E-state index contributed by atoms with van der Waals surface area (Å²) in [6.07, 6.45) is 0. The highest BCUT2D eigenvalue weighted by Crippen LogP contribution is 2.29. The minimum absolute atomic E-state index is 0.0428. The van der Waals surface area contributed by atoms with Crippen LogP contribution in [0.2, 0.25) is 0 Å². The first kappa shape index (κ1) is 12.4. The summed E-state index contributed by atoms with van der Waals surface area (Å²) in [5.41, 5.74) is 0.756. The number of para-hydroxylation sites is 1. The first-order valence-corrected chi connectivity index (χ1v) is 5.17. The zero-order valence-electron chi connectivity index (χ0n) is 7.64. The van der Waals surface area contributed by atoms with E-state index in [1.165, 1.54) is 0 Å². The topological polar surface area (TPSA) is 29.1 Å². The van der Waals surface area contributed by atoms with Crippen molar-refractivity contribution >= 4 is 46.3 Å². The van der Waals surface area contributed by atoms with E-state index in [9.17, 15) is 4.79 Å². The summed E-state index contributed by atoms with van der Waals surface area (Å²) in [5, 5.41) is 2.75. The third-order valence-corrected chi connectivity index (χ3v) is 2.12. The number of hydrogen-bond acceptors (Lipinski definition) is 2. The number of benzene rings is 1. The minimum Gasteiger partial charge on any atom is -0.353 e. The largest absolute Gasteiger partial charge is 0.353 e. The molecule has 0 amide bonds. The highest BCUT2D eigenvalue weighted by atomic mass is 35.6. The number of Topliss-reactive ketones (excluding diaryl/α,β-unsaturated/α-hetero) is 1. The van der Waals surface area contributed by atoms with Gasteiger partial charge in [-0.15, -0.1) is 0 Å². The van der Waals surface area contributed by atoms with Crippen molar-refractivity contribution in [2.75, 3.05) is 5.32 Å². The number of hydrogen-bond donors (Lipinski definition) is 1. The number of allylic oxidation sites excluding steroid dienone is 1. The molecule has 0 heterocycles. The van der Waals surface area contributed by atoms with Gasteiger partial charge in [-0.3, -0.25) is 4.79 Å². The lowest BCUT2D eigenvalue weighted by Crippen LogP contribution is -2.24. The Morgan fingerprint density at radius 1 is 1.20 bits per heavy atom. The van der Waals surface area contributed by atoms with E-state index >= 15 is 0 Å². The molecular weight excluding hydrogens is 256 g/mol. The summed E-state index contributed by atoms with van der Waals surface area (Å²) < 4.78 is -1.97. The summed E-state index contributed by atoms with van der Waals surface area (Å²) in [6, 6.07) is 9.03. The van der Waals surface area contributed by atoms with Crippen LogP contribution in [0.15, 0.2) is 42.6 Å². The molecule has 0 spiro atoms. The molecule has 1 rings (SSSR count). The third-order valence-electron chi connectivity index (χ3n) is 1.60. The van der Waals surface area contributed by atoms with Gasteiger partial charge in [0.2, 0.25) is 5.78 Å². The van der Waals surface area contributed by atoms with Crippen LogP contribution < -0.4 is 5.32 Å². The second kappa shape index (κ2) is 4.88. The Morgan fingerprint density at radius 3 is 2.20 bits per heavy atom. The fourth-order valence-corrected chi connectivity index (χ4v) is 1.27. The Morgan fingerprint density at radius 2 is 1.73 bits per heavy atom. The Labute approximate surface area is 103 Å². The van der Waals surface area contributed by atoms with Crippen LogP contribution in [0.5, 0.6) is 0 Å². The van der Waals surface area contributed by atoms with E-state index < -0.39 is 9.58 Å². The number of carbonyl (C=O) groups is 1. The molecule has 15 heavy (non-hydrogen) atoms. The molecule has 0 saturated heterocycles. The minimum atomic E-state index is -1.97. The maximum absolute atomic E-state index is 11.4. The molecule has 5 heteroatoms. The molecule has 0 atom stereocenters. The third kappa shape index (κ3) is 3.74. The van der Waals surface area contributed by atoms with Gasteiger partial charge in [-0.2, -0.15) is 0 Å². The number of halogens is 3. The molecule has 0 aliphatic carbocycles. The molecule has 0 aliphatic heterocycles. The van der Waals surface area contributed by atoms with Crippen molar-refractivity contribution < 1.29 is 4.79 Å². The smallest absolute Gasteiger partial charge is 0.254 e. The number of alkyl halides is 3. The van der Waals surface area contributed by atoms with Crippen molar-refractivity contribution in [3.8, 4) is 0 Å². The molecule has 1 N–H and O–H groups in total. The van der Waals surface area contributed by atoms with Crippen molar-refractivity contribution in [1.29, 1.82) is 0 Å². The fraction of sp³-hybridized carbons (Fsp3) is 0.100. The van der Waals surface area contributed by atoms with Gasteiger partial charge in [0.05, 0.1) is 5.70 Å². The predicted molar refractivity (Wildman–Crippen MR) is 64.5 cm³/mol. The maximum atomic E-state index is 11.4. The van der Waals surface area contributed by atoms with Crippen LogP contribution in [-0.4, -0.2) is 9.58 Å². The van der Waals surface area contributed by atoms with Gasteiger partial charge in [0.1, 0.15) is 0 Å². The number of carbonyl (C=O) groups excluding carboxylic acids is 1. The molecule has 0 aliphatic rings. The number of anilines is 1. The second-order valence-corrected chi connectivity index (χ2v) is 5.08. The lowest BCUT2D eigenvalue weighted by molar-refractivity contribution is -0.114. The molecule has 2 nitrogen and oxygen atoms in total. The van der Waals surface area contributed by atoms with E-state index in [2.05, 4.69) is 11.9 Å². The van der Waals surface area contributed by atoms with Crippen molar-refractivity contribution in [3.05, 3.63) is 42.6 Å². The van der Waals surface area contributed by atoms with Gasteiger partial charge < -0.3 is 5.32 Å². The number of ketones is 1. The second-order valence-electron chi connectivity index (χ2n) is 2.80. The lowest BCUT2D eigenvalue weighted by Gasteiger charge is -2.13. The van der Waals surface area contributed by atoms with Crippen LogP contribution >= 0.6 is 34.8 Å². The van der Waals surface area contributed by atoms with Gasteiger partial charge >= 0.3 is 0 Å². The van der Waals surface area contributed by atoms with Gasteiger partial charge in [-0.25, -0.2) is 0 Å². The van der Waals surface area contributed by atoms with Crippen molar-refractivity contribution in [1.82, 2.24) is 0 Å². The van der Waals surface area contributed by atoms with E-state index in [-0.39, 0.29) is 5.70 Å². The standard InChI is InChI=1S/C10H8Cl3NO/c1-7(9(15)10(11,12)13)14-8-5-3-2-4-6-8/h2-6,14H,1H2. The first-order valence-electron chi connectivity index (χ1n) is 4.04. The maximum Gasteiger partial charge on any atom is 0.254 e. The monoisotopic (exact) mass is 263 g/mol. The Balaban J connectivity index is 2.69. The quantitative estimate of drug-likeness (QED) is 0.668. The molecular formula is C10H8Cl3NO. The van der Waals surface area contributed by atoms with Gasteiger partial charge in [-0.1, -0.05) is 59.6 Å². The van der Waals surface area contributed by atoms with Crippen molar-refractivity contribution in [3.63, 3.8) is 0 Å². The van der Waals surface area contributed by atoms with Crippen molar-refractivity contribution in [2.45, 2.75) is 3.79 Å². The molecule has 0 fully saturated rings. The average molecular weight is 265 g/mol. The zero-order valence-corrected chi connectivity index (χ0v) is 9.90. The Bertz CT molecular complexity index is 370. The highest BCUT2D eigenvalue weighted by Gasteiger charge is 2.32. The Hall–Kier alpha value is -0.700. The molecule has 80 valence electrons. The summed E-state index contributed by atoms with van der Waals surface area (Å²) in [4.78, 5) is 11.4. The van der Waals surface area contributed by atoms with Crippen LogP contribution in [0.1, 0.15) is 0 Å². The van der Waals surface area contributed by atoms with E-state index in [1.54, 1.807) is 12.1 Å². The SMILES string of the molecule is C=C(Nc1ccccc1)C(=O)C(Cl)(Cl)Cl. The normalized spacial score (nSPS) is 10.9. The molecule has 0 radical (unpaired) electrons. The predicted octanol–water partition coefficient (Wildman–Crippen LogP) is 3.55. The zero-order chi connectivity index (χ0) is 11.5. The van der Waals surface area contributed by atoms with Crippen LogP contribution in [0.3, 0.4) is 0 Å². The summed E-state index contributed by atoms with van der Waals surface area (Å²) in [6.45, 7) is 3.50. The van der Waals surface area contributed by atoms with Gasteiger partial charge in [0, 0.05) is 5.69 Å². The molecule has 0 bridgehead atoms. The lowest BCUT2D eigenvalue weighted by atomic mass is 10.3. The molecule has 1 aromatic carbocycles. The van der Waals surface area contributed by atoms with E-state index in [0.717, 1.165) is 0 Å². The average Bonchev–Trinajstić information content (AvgIpc) is 2.16. The van der Waals surface area contributed by atoms with E-state index in [1.807, 2.05) is 18.2 Å². The van der Waals surface area contributed by atoms with E-state index in [4.69, 9.17) is 34.8 Å². The number of rotatable bonds is 3. The van der Waals surface area contributed by atoms with Crippen LogP contribution in [0.25, 0.3) is 0 Å². The summed E-state index contributed by atoms with van der Waals surface area (Å²) in [5.74, 6) is -0.670. The molecule has 1 aromatic rings. The summed E-state index contributed by atoms with van der Waals surface area (Å²) in [7, 11) is 0. The van der Waals surface area contributed by atoms with E-state index in [0.29, 0.717) is 5.69 Å². The molecule has 0 saturated carbocycles. The van der Waals surface area contributed by atoms with Gasteiger partial charge in [-0.05, 0) is 12.1 Å². The Kier molecular flexibility index (Phi) is 4.03.